The number of amidine groups is 1. The van der Waals surface area contributed by atoms with E-state index in [-0.39, 0.29) is 12.8 Å². The number of hydrogen-bond acceptors (Lipinski definition) is 8. The molecule has 8 nitrogen and oxygen atoms in total. The molecular formula is C14H23N5O3S. The van der Waals surface area contributed by atoms with E-state index in [1.54, 1.807) is 12.4 Å². The maximum Gasteiger partial charge on any atom is 0.264 e. The Balaban J connectivity index is 1.72. The van der Waals surface area contributed by atoms with Crippen LogP contribution in [-0.4, -0.2) is 49.0 Å². The lowest BCUT2D eigenvalue weighted by Crippen LogP contribution is -2.30. The Labute approximate surface area is 137 Å². The van der Waals surface area contributed by atoms with E-state index >= 15 is 0 Å². The van der Waals surface area contributed by atoms with Gasteiger partial charge in [-0.1, -0.05) is 6.42 Å². The number of aromatic nitrogens is 2. The lowest BCUT2D eigenvalue weighted by atomic mass is 10.2. The van der Waals surface area contributed by atoms with Crippen molar-refractivity contribution in [1.82, 2.24) is 20.3 Å². The Bertz CT molecular complexity index is 645. The second kappa shape index (κ2) is 7.69. The zero-order chi connectivity index (χ0) is 16.9. The third-order valence-corrected chi connectivity index (χ3v) is 4.13. The quantitative estimate of drug-likeness (QED) is 0.560. The van der Waals surface area contributed by atoms with Gasteiger partial charge in [0.15, 0.2) is 6.17 Å². The summed E-state index contributed by atoms with van der Waals surface area (Å²) in [7, 11) is -1.36. The van der Waals surface area contributed by atoms with Crippen LogP contribution < -0.4 is 5.43 Å². The van der Waals surface area contributed by atoms with Gasteiger partial charge < -0.3 is 4.90 Å². The highest BCUT2D eigenvalue weighted by molar-refractivity contribution is 7.85. The topological polar surface area (TPSA) is 96.8 Å². The highest BCUT2D eigenvalue weighted by atomic mass is 32.2. The van der Waals surface area contributed by atoms with Crippen molar-refractivity contribution < 1.29 is 12.6 Å². The molecule has 0 fully saturated rings. The average Bonchev–Trinajstić information content (AvgIpc) is 2.84. The van der Waals surface area contributed by atoms with Gasteiger partial charge in [-0.3, -0.25) is 19.6 Å². The van der Waals surface area contributed by atoms with Gasteiger partial charge in [0.1, 0.15) is 11.5 Å². The van der Waals surface area contributed by atoms with Crippen molar-refractivity contribution in [2.75, 3.05) is 19.9 Å². The molecule has 23 heavy (non-hydrogen) atoms. The van der Waals surface area contributed by atoms with Gasteiger partial charge in [-0.15, -0.1) is 0 Å². The van der Waals surface area contributed by atoms with E-state index in [2.05, 4.69) is 20.5 Å². The van der Waals surface area contributed by atoms with E-state index in [1.165, 1.54) is 0 Å². The zero-order valence-electron chi connectivity index (χ0n) is 13.7. The molecule has 1 aromatic rings. The van der Waals surface area contributed by atoms with Crippen molar-refractivity contribution in [3.63, 3.8) is 0 Å². The van der Waals surface area contributed by atoms with Crippen LogP contribution in [0.15, 0.2) is 17.5 Å². The molecule has 1 N–H and O–H groups in total. The Kier molecular flexibility index (Phi) is 5.89. The van der Waals surface area contributed by atoms with Gasteiger partial charge in [0.05, 0.1) is 24.8 Å². The van der Waals surface area contributed by atoms with Crippen molar-refractivity contribution in [2.45, 2.75) is 38.8 Å². The SMILES string of the molecule is Cc1cnc(C2NN=C(CCCCCOS(C)(=O)=O)N2C)cn1. The van der Waals surface area contributed by atoms with Gasteiger partial charge in [0.25, 0.3) is 10.1 Å². The number of nitrogens with zero attached hydrogens (tertiary/aromatic N) is 4. The number of unbranched alkanes of at least 4 members (excludes halogenated alkanes) is 2. The Hall–Kier alpha value is -1.74. The van der Waals surface area contributed by atoms with E-state index in [9.17, 15) is 8.42 Å². The monoisotopic (exact) mass is 341 g/mol. The van der Waals surface area contributed by atoms with Crippen LogP contribution in [-0.2, 0) is 14.3 Å². The molecule has 9 heteroatoms. The number of rotatable bonds is 8. The fourth-order valence-electron chi connectivity index (χ4n) is 2.26. The van der Waals surface area contributed by atoms with E-state index in [0.29, 0.717) is 6.42 Å². The molecule has 0 radical (unpaired) electrons. The minimum absolute atomic E-state index is 0.0910. The molecule has 0 amide bonds. The lowest BCUT2D eigenvalue weighted by molar-refractivity contribution is 0.310. The number of hydrogen-bond donors (Lipinski definition) is 1. The van der Waals surface area contributed by atoms with Crippen LogP contribution >= 0.6 is 0 Å². The van der Waals surface area contributed by atoms with Crippen LogP contribution in [0.2, 0.25) is 0 Å². The van der Waals surface area contributed by atoms with Crippen molar-refractivity contribution in [2.24, 2.45) is 5.10 Å². The zero-order valence-corrected chi connectivity index (χ0v) is 14.5. The molecule has 1 unspecified atom stereocenters. The first-order valence-electron chi connectivity index (χ1n) is 7.55. The smallest absolute Gasteiger partial charge is 0.264 e. The molecule has 1 aliphatic rings. The van der Waals surface area contributed by atoms with E-state index in [4.69, 9.17) is 4.18 Å². The highest BCUT2D eigenvalue weighted by Gasteiger charge is 2.26. The molecule has 0 saturated heterocycles. The summed E-state index contributed by atoms with van der Waals surface area (Å²) in [5.41, 5.74) is 4.78. The summed E-state index contributed by atoms with van der Waals surface area (Å²) in [6, 6.07) is 0. The first kappa shape index (κ1) is 17.6. The number of nitrogens with one attached hydrogen (secondary N) is 1. The molecule has 0 saturated carbocycles. The third-order valence-electron chi connectivity index (χ3n) is 3.53. The molecule has 0 aliphatic carbocycles. The fraction of sp³-hybridized carbons (Fsp3) is 0.643. The normalized spacial score (nSPS) is 18.0. The van der Waals surface area contributed by atoms with Crippen LogP contribution in [0.5, 0.6) is 0 Å². The van der Waals surface area contributed by atoms with Gasteiger partial charge in [-0.2, -0.15) is 13.5 Å². The second-order valence-electron chi connectivity index (χ2n) is 5.59. The van der Waals surface area contributed by atoms with Crippen LogP contribution in [0, 0.1) is 6.92 Å². The maximum atomic E-state index is 10.8. The first-order valence-corrected chi connectivity index (χ1v) is 9.36. The molecule has 2 rings (SSSR count). The molecule has 128 valence electrons. The summed E-state index contributed by atoms with van der Waals surface area (Å²) >= 11 is 0. The van der Waals surface area contributed by atoms with Gasteiger partial charge in [-0.05, 0) is 19.8 Å². The largest absolute Gasteiger partial charge is 0.335 e. The molecule has 0 bridgehead atoms. The first-order chi connectivity index (χ1) is 10.9. The van der Waals surface area contributed by atoms with E-state index in [0.717, 1.165) is 42.7 Å². The molecule has 2 heterocycles. The molecule has 1 atom stereocenters. The summed E-state index contributed by atoms with van der Waals surface area (Å²) in [4.78, 5) is 10.7. The molecular weight excluding hydrogens is 318 g/mol. The lowest BCUT2D eigenvalue weighted by Gasteiger charge is -2.21. The van der Waals surface area contributed by atoms with Crippen LogP contribution in [0.25, 0.3) is 0 Å². The van der Waals surface area contributed by atoms with Crippen molar-refractivity contribution in [3.8, 4) is 0 Å². The summed E-state index contributed by atoms with van der Waals surface area (Å²) in [6.07, 6.45) is 7.81. The van der Waals surface area contributed by atoms with Crippen molar-refractivity contribution in [1.29, 1.82) is 0 Å². The van der Waals surface area contributed by atoms with E-state index in [1.807, 2.05) is 18.9 Å². The predicted molar refractivity (Wildman–Crippen MR) is 87.1 cm³/mol. The second-order valence-corrected chi connectivity index (χ2v) is 7.23. The molecule has 0 aromatic carbocycles. The summed E-state index contributed by atoms with van der Waals surface area (Å²) < 4.78 is 26.4. The van der Waals surface area contributed by atoms with Crippen molar-refractivity contribution in [3.05, 3.63) is 23.8 Å². The Morgan fingerprint density at radius 1 is 1.26 bits per heavy atom. The van der Waals surface area contributed by atoms with Gasteiger partial charge in [0, 0.05) is 19.7 Å². The molecule has 1 aliphatic heterocycles. The van der Waals surface area contributed by atoms with Gasteiger partial charge in [0.2, 0.25) is 0 Å². The predicted octanol–water partition coefficient (Wildman–Crippen LogP) is 1.17. The minimum atomic E-state index is -3.33. The molecule has 1 aromatic heterocycles. The van der Waals surface area contributed by atoms with E-state index < -0.39 is 10.1 Å². The van der Waals surface area contributed by atoms with Crippen LogP contribution in [0.3, 0.4) is 0 Å². The maximum absolute atomic E-state index is 10.8. The molecule has 0 spiro atoms. The van der Waals surface area contributed by atoms with Crippen molar-refractivity contribution >= 4 is 16.0 Å². The average molecular weight is 341 g/mol. The van der Waals surface area contributed by atoms with Crippen LogP contribution in [0.1, 0.15) is 43.2 Å². The minimum Gasteiger partial charge on any atom is -0.335 e. The standard InChI is InChI=1S/C14H23N5O3S/c1-11-9-16-12(10-15-11)14-18-17-13(19(14)2)7-5-4-6-8-22-23(3,20)21/h9-10,14,18H,4-8H2,1-3H3. The summed E-state index contributed by atoms with van der Waals surface area (Å²) in [5.74, 6) is 0.960. The van der Waals surface area contributed by atoms with Crippen LogP contribution in [0.4, 0.5) is 0 Å². The highest BCUT2D eigenvalue weighted by Crippen LogP contribution is 2.21. The Morgan fingerprint density at radius 3 is 2.70 bits per heavy atom. The fourth-order valence-corrected chi connectivity index (χ4v) is 2.68. The summed E-state index contributed by atoms with van der Waals surface area (Å²) in [6.45, 7) is 2.14. The number of hydrazone groups is 1. The summed E-state index contributed by atoms with van der Waals surface area (Å²) in [5, 5.41) is 4.35. The number of aryl methyl sites for hydroxylation is 1. The third kappa shape index (κ3) is 5.43. The Morgan fingerprint density at radius 2 is 2.04 bits per heavy atom. The van der Waals surface area contributed by atoms with Gasteiger partial charge >= 0.3 is 0 Å². The van der Waals surface area contributed by atoms with Gasteiger partial charge in [-0.25, -0.2) is 0 Å².